The molecule has 0 fully saturated rings. The van der Waals surface area contributed by atoms with Crippen molar-refractivity contribution in [1.29, 1.82) is 0 Å². The van der Waals surface area contributed by atoms with Gasteiger partial charge in [0, 0.05) is 29.1 Å². The molecule has 3 heteroatoms. The average Bonchev–Trinajstić information content (AvgIpc) is 2.39. The summed E-state index contributed by atoms with van der Waals surface area (Å²) in [5, 5.41) is 0.905. The SMILES string of the molecule is CN(Cc1cccc(Br)c1)c1ccc(CBr)cc1. The van der Waals surface area contributed by atoms with Crippen LogP contribution in [-0.2, 0) is 11.9 Å². The lowest BCUT2D eigenvalue weighted by Gasteiger charge is -2.19. The number of halogens is 2. The Labute approximate surface area is 125 Å². The van der Waals surface area contributed by atoms with Crippen LogP contribution in [0.3, 0.4) is 0 Å². The molecule has 0 saturated carbocycles. The highest BCUT2D eigenvalue weighted by molar-refractivity contribution is 9.10. The van der Waals surface area contributed by atoms with Crippen molar-refractivity contribution < 1.29 is 0 Å². The van der Waals surface area contributed by atoms with Gasteiger partial charge in [-0.2, -0.15) is 0 Å². The van der Waals surface area contributed by atoms with Crippen LogP contribution in [0.4, 0.5) is 5.69 Å². The van der Waals surface area contributed by atoms with E-state index in [2.05, 4.69) is 86.3 Å². The Morgan fingerprint density at radius 3 is 2.33 bits per heavy atom. The van der Waals surface area contributed by atoms with Crippen LogP contribution in [0, 0.1) is 0 Å². The molecule has 2 rings (SSSR count). The molecule has 0 aromatic heterocycles. The van der Waals surface area contributed by atoms with Gasteiger partial charge in [-0.15, -0.1) is 0 Å². The highest BCUT2D eigenvalue weighted by Crippen LogP contribution is 2.19. The maximum Gasteiger partial charge on any atom is 0.0426 e. The van der Waals surface area contributed by atoms with Gasteiger partial charge in [0.2, 0.25) is 0 Å². The Balaban J connectivity index is 2.09. The van der Waals surface area contributed by atoms with Crippen LogP contribution in [0.1, 0.15) is 11.1 Å². The molecule has 0 spiro atoms. The molecule has 0 atom stereocenters. The van der Waals surface area contributed by atoms with Gasteiger partial charge in [-0.05, 0) is 35.4 Å². The number of hydrogen-bond acceptors (Lipinski definition) is 1. The molecule has 1 nitrogen and oxygen atoms in total. The third-order valence-corrected chi connectivity index (χ3v) is 3.98. The first-order valence-electron chi connectivity index (χ1n) is 5.79. The number of benzene rings is 2. The summed E-state index contributed by atoms with van der Waals surface area (Å²) in [5.74, 6) is 0. The smallest absolute Gasteiger partial charge is 0.0426 e. The topological polar surface area (TPSA) is 3.24 Å². The van der Waals surface area contributed by atoms with Crippen molar-refractivity contribution in [3.63, 3.8) is 0 Å². The van der Waals surface area contributed by atoms with Crippen LogP contribution in [0.25, 0.3) is 0 Å². The third-order valence-electron chi connectivity index (χ3n) is 2.84. The lowest BCUT2D eigenvalue weighted by atomic mass is 10.2. The molecule has 0 aliphatic carbocycles. The highest BCUT2D eigenvalue weighted by Gasteiger charge is 2.02. The van der Waals surface area contributed by atoms with Gasteiger partial charge in [-0.25, -0.2) is 0 Å². The molecule has 0 bridgehead atoms. The van der Waals surface area contributed by atoms with E-state index < -0.39 is 0 Å². The molecular weight excluding hydrogens is 354 g/mol. The number of rotatable bonds is 4. The maximum absolute atomic E-state index is 3.50. The quantitative estimate of drug-likeness (QED) is 0.688. The first-order chi connectivity index (χ1) is 8.69. The average molecular weight is 369 g/mol. The van der Waals surface area contributed by atoms with Gasteiger partial charge in [0.1, 0.15) is 0 Å². The summed E-state index contributed by atoms with van der Waals surface area (Å²) in [6.45, 7) is 0.910. The van der Waals surface area contributed by atoms with E-state index in [-0.39, 0.29) is 0 Å². The van der Waals surface area contributed by atoms with Crippen molar-refractivity contribution >= 4 is 37.5 Å². The predicted molar refractivity (Wildman–Crippen MR) is 85.3 cm³/mol. The largest absolute Gasteiger partial charge is 0.370 e. The normalized spacial score (nSPS) is 10.4. The summed E-state index contributed by atoms with van der Waals surface area (Å²) < 4.78 is 1.13. The van der Waals surface area contributed by atoms with Gasteiger partial charge < -0.3 is 4.90 Å². The monoisotopic (exact) mass is 367 g/mol. The summed E-state index contributed by atoms with van der Waals surface area (Å²) in [6, 6.07) is 17.1. The van der Waals surface area contributed by atoms with E-state index in [1.165, 1.54) is 16.8 Å². The number of alkyl halides is 1. The van der Waals surface area contributed by atoms with Gasteiger partial charge in [0.15, 0.2) is 0 Å². The van der Waals surface area contributed by atoms with E-state index >= 15 is 0 Å². The van der Waals surface area contributed by atoms with Crippen LogP contribution in [-0.4, -0.2) is 7.05 Å². The molecule has 0 aliphatic heterocycles. The first-order valence-corrected chi connectivity index (χ1v) is 7.71. The Morgan fingerprint density at radius 1 is 1.00 bits per heavy atom. The first kappa shape index (κ1) is 13.6. The minimum Gasteiger partial charge on any atom is -0.370 e. The van der Waals surface area contributed by atoms with Crippen molar-refractivity contribution in [2.45, 2.75) is 11.9 Å². The van der Waals surface area contributed by atoms with Crippen molar-refractivity contribution in [1.82, 2.24) is 0 Å². The second kappa shape index (κ2) is 6.39. The van der Waals surface area contributed by atoms with Gasteiger partial charge in [0.25, 0.3) is 0 Å². The fourth-order valence-electron chi connectivity index (χ4n) is 1.84. The van der Waals surface area contributed by atoms with E-state index in [1.54, 1.807) is 0 Å². The van der Waals surface area contributed by atoms with E-state index in [0.29, 0.717) is 0 Å². The maximum atomic E-state index is 3.50. The van der Waals surface area contributed by atoms with Crippen LogP contribution in [0.2, 0.25) is 0 Å². The molecule has 0 unspecified atom stereocenters. The fourth-order valence-corrected chi connectivity index (χ4v) is 2.66. The Morgan fingerprint density at radius 2 is 1.72 bits per heavy atom. The van der Waals surface area contributed by atoms with Crippen molar-refractivity contribution in [3.8, 4) is 0 Å². The Hall–Kier alpha value is -0.800. The van der Waals surface area contributed by atoms with Crippen LogP contribution in [0.15, 0.2) is 53.0 Å². The van der Waals surface area contributed by atoms with E-state index in [9.17, 15) is 0 Å². The van der Waals surface area contributed by atoms with Gasteiger partial charge in [0.05, 0.1) is 0 Å². The van der Waals surface area contributed by atoms with E-state index in [0.717, 1.165) is 16.3 Å². The zero-order chi connectivity index (χ0) is 13.0. The predicted octanol–water partition coefficient (Wildman–Crippen LogP) is 4.98. The summed E-state index contributed by atoms with van der Waals surface area (Å²) in [7, 11) is 2.12. The third kappa shape index (κ3) is 3.59. The minimum absolute atomic E-state index is 0.905. The fraction of sp³-hybridized carbons (Fsp3) is 0.200. The van der Waals surface area contributed by atoms with Crippen LogP contribution in [0.5, 0.6) is 0 Å². The summed E-state index contributed by atoms with van der Waals surface area (Å²) >= 11 is 6.97. The van der Waals surface area contributed by atoms with E-state index in [1.807, 2.05) is 6.07 Å². The Bertz CT molecular complexity index is 508. The molecule has 94 valence electrons. The molecule has 0 N–H and O–H groups in total. The second-order valence-electron chi connectivity index (χ2n) is 4.29. The van der Waals surface area contributed by atoms with Gasteiger partial charge >= 0.3 is 0 Å². The molecule has 0 saturated heterocycles. The van der Waals surface area contributed by atoms with Crippen LogP contribution < -0.4 is 4.90 Å². The number of nitrogens with zero attached hydrogens (tertiary/aromatic N) is 1. The van der Waals surface area contributed by atoms with Gasteiger partial charge in [-0.1, -0.05) is 56.1 Å². The molecule has 2 aromatic rings. The van der Waals surface area contributed by atoms with Crippen molar-refractivity contribution in [3.05, 3.63) is 64.1 Å². The van der Waals surface area contributed by atoms with E-state index in [4.69, 9.17) is 0 Å². The Kier molecular flexibility index (Phi) is 4.84. The number of hydrogen-bond donors (Lipinski definition) is 0. The summed E-state index contributed by atoms with van der Waals surface area (Å²) in [5.41, 5.74) is 3.84. The standard InChI is InChI=1S/C15H15Br2N/c1-18(11-13-3-2-4-14(17)9-13)15-7-5-12(10-16)6-8-15/h2-9H,10-11H2,1H3. The lowest BCUT2D eigenvalue weighted by molar-refractivity contribution is 0.922. The number of anilines is 1. The van der Waals surface area contributed by atoms with Crippen molar-refractivity contribution in [2.75, 3.05) is 11.9 Å². The summed E-state index contributed by atoms with van der Waals surface area (Å²) in [6.07, 6.45) is 0. The molecule has 0 amide bonds. The lowest BCUT2D eigenvalue weighted by Crippen LogP contribution is -2.16. The molecule has 0 aliphatic rings. The summed E-state index contributed by atoms with van der Waals surface area (Å²) in [4.78, 5) is 2.25. The minimum atomic E-state index is 0.905. The zero-order valence-electron chi connectivity index (χ0n) is 10.2. The molecule has 0 radical (unpaired) electrons. The molecule has 0 heterocycles. The zero-order valence-corrected chi connectivity index (χ0v) is 13.4. The van der Waals surface area contributed by atoms with Crippen LogP contribution >= 0.6 is 31.9 Å². The molecule has 18 heavy (non-hydrogen) atoms. The van der Waals surface area contributed by atoms with Gasteiger partial charge in [-0.3, -0.25) is 0 Å². The van der Waals surface area contributed by atoms with Crippen molar-refractivity contribution in [2.24, 2.45) is 0 Å². The molecular formula is C15H15Br2N. The highest BCUT2D eigenvalue weighted by atomic mass is 79.9. The molecule has 2 aromatic carbocycles. The second-order valence-corrected chi connectivity index (χ2v) is 5.76.